The summed E-state index contributed by atoms with van der Waals surface area (Å²) >= 11 is 0. The van der Waals surface area contributed by atoms with Gasteiger partial charge >= 0.3 is 0 Å². The van der Waals surface area contributed by atoms with Crippen molar-refractivity contribution < 1.29 is 4.79 Å². The number of unbranched alkanes of at least 4 members (excludes halogenated alkanes) is 2. The first-order valence-electron chi connectivity index (χ1n) is 6.60. The van der Waals surface area contributed by atoms with Gasteiger partial charge in [-0.15, -0.1) is 0 Å². The molecule has 1 aromatic heterocycles. The summed E-state index contributed by atoms with van der Waals surface area (Å²) in [7, 11) is 1.80. The van der Waals surface area contributed by atoms with Crippen LogP contribution in [-0.4, -0.2) is 35.9 Å². The van der Waals surface area contributed by atoms with Gasteiger partial charge in [0.15, 0.2) is 0 Å². The van der Waals surface area contributed by atoms with Gasteiger partial charge in [0.05, 0.1) is 12.1 Å². The first-order chi connectivity index (χ1) is 9.20. The minimum absolute atomic E-state index is 0.0852. The summed E-state index contributed by atoms with van der Waals surface area (Å²) in [6.07, 6.45) is 4.88. The second kappa shape index (κ2) is 8.28. The fourth-order valence-corrected chi connectivity index (χ4v) is 1.70. The molecule has 0 aliphatic heterocycles. The molecule has 0 aliphatic carbocycles. The molecule has 0 fully saturated rings. The van der Waals surface area contributed by atoms with Gasteiger partial charge in [0, 0.05) is 19.8 Å². The third-order valence-electron chi connectivity index (χ3n) is 2.78. The molecular formula is C15H21N3O. The van der Waals surface area contributed by atoms with Crippen LogP contribution in [0.1, 0.15) is 42.2 Å². The van der Waals surface area contributed by atoms with Crippen molar-refractivity contribution in [2.45, 2.75) is 26.2 Å². The third kappa shape index (κ3) is 4.72. The molecular weight excluding hydrogens is 238 g/mol. The van der Waals surface area contributed by atoms with Gasteiger partial charge < -0.3 is 10.6 Å². The summed E-state index contributed by atoms with van der Waals surface area (Å²) in [5.74, 6) is 5.56. The Morgan fingerprint density at radius 2 is 2.26 bits per heavy atom. The van der Waals surface area contributed by atoms with Crippen LogP contribution in [0, 0.1) is 11.8 Å². The van der Waals surface area contributed by atoms with Gasteiger partial charge in [0.1, 0.15) is 5.69 Å². The monoisotopic (exact) mass is 259 g/mol. The lowest BCUT2D eigenvalue weighted by molar-refractivity contribution is 0.0786. The highest BCUT2D eigenvalue weighted by Crippen LogP contribution is 2.08. The zero-order valence-corrected chi connectivity index (χ0v) is 11.6. The molecule has 0 atom stereocenters. The first kappa shape index (κ1) is 15.2. The van der Waals surface area contributed by atoms with E-state index in [1.54, 1.807) is 30.3 Å². The lowest BCUT2D eigenvalue weighted by atomic mass is 10.1. The van der Waals surface area contributed by atoms with Gasteiger partial charge in [-0.05, 0) is 18.6 Å². The minimum Gasteiger partial charge on any atom is -0.340 e. The normalized spacial score (nSPS) is 9.63. The highest BCUT2D eigenvalue weighted by molar-refractivity contribution is 5.94. The predicted octanol–water partition coefficient (Wildman–Crippen LogP) is 1.65. The average Bonchev–Trinajstić information content (AvgIpc) is 2.44. The molecule has 0 bridgehead atoms. The zero-order chi connectivity index (χ0) is 14.1. The lowest BCUT2D eigenvalue weighted by Crippen LogP contribution is -2.29. The third-order valence-corrected chi connectivity index (χ3v) is 2.78. The fourth-order valence-electron chi connectivity index (χ4n) is 1.70. The van der Waals surface area contributed by atoms with E-state index in [-0.39, 0.29) is 12.5 Å². The molecule has 1 amide bonds. The van der Waals surface area contributed by atoms with Gasteiger partial charge in [-0.25, -0.2) is 4.98 Å². The largest absolute Gasteiger partial charge is 0.340 e. The van der Waals surface area contributed by atoms with E-state index in [9.17, 15) is 4.79 Å². The molecule has 1 heterocycles. The Bertz CT molecular complexity index is 474. The van der Waals surface area contributed by atoms with E-state index in [1.165, 1.54) is 0 Å². The molecule has 19 heavy (non-hydrogen) atoms. The van der Waals surface area contributed by atoms with Crippen molar-refractivity contribution in [1.82, 2.24) is 9.88 Å². The number of nitrogens with two attached hydrogens (primary N) is 1. The summed E-state index contributed by atoms with van der Waals surface area (Å²) in [6, 6.07) is 3.57. The number of nitrogens with zero attached hydrogens (tertiary/aromatic N) is 2. The van der Waals surface area contributed by atoms with Crippen LogP contribution in [0.2, 0.25) is 0 Å². The van der Waals surface area contributed by atoms with Gasteiger partial charge in [-0.3, -0.25) is 4.79 Å². The molecule has 0 aromatic carbocycles. The number of amides is 1. The Labute approximate surface area is 115 Å². The Balaban J connectivity index is 2.81. The summed E-state index contributed by atoms with van der Waals surface area (Å²) in [6.45, 7) is 3.16. The molecule has 1 rings (SSSR count). The van der Waals surface area contributed by atoms with Gasteiger partial charge in [-0.2, -0.15) is 0 Å². The zero-order valence-electron chi connectivity index (χ0n) is 11.6. The van der Waals surface area contributed by atoms with Gasteiger partial charge in [0.2, 0.25) is 0 Å². The van der Waals surface area contributed by atoms with Crippen molar-refractivity contribution in [3.8, 4) is 11.8 Å². The quantitative estimate of drug-likeness (QED) is 0.646. The van der Waals surface area contributed by atoms with Crippen LogP contribution in [0.15, 0.2) is 18.3 Å². The lowest BCUT2D eigenvalue weighted by Gasteiger charge is -2.17. The summed E-state index contributed by atoms with van der Waals surface area (Å²) in [4.78, 5) is 18.1. The van der Waals surface area contributed by atoms with Gasteiger partial charge in [0.25, 0.3) is 5.91 Å². The van der Waals surface area contributed by atoms with Crippen LogP contribution < -0.4 is 5.73 Å². The number of pyridine rings is 1. The van der Waals surface area contributed by atoms with E-state index in [0.29, 0.717) is 11.3 Å². The van der Waals surface area contributed by atoms with E-state index >= 15 is 0 Å². The molecule has 2 N–H and O–H groups in total. The van der Waals surface area contributed by atoms with Crippen molar-refractivity contribution in [2.75, 3.05) is 20.1 Å². The molecule has 1 aromatic rings. The molecule has 0 spiro atoms. The maximum absolute atomic E-state index is 12.3. The Morgan fingerprint density at radius 1 is 1.47 bits per heavy atom. The number of aromatic nitrogens is 1. The maximum Gasteiger partial charge on any atom is 0.273 e. The summed E-state index contributed by atoms with van der Waals surface area (Å²) in [5.41, 5.74) is 6.40. The van der Waals surface area contributed by atoms with Crippen LogP contribution in [-0.2, 0) is 0 Å². The smallest absolute Gasteiger partial charge is 0.273 e. The second-order valence-electron chi connectivity index (χ2n) is 4.34. The first-order valence-corrected chi connectivity index (χ1v) is 6.60. The predicted molar refractivity (Wildman–Crippen MR) is 76.7 cm³/mol. The summed E-state index contributed by atoms with van der Waals surface area (Å²) in [5, 5.41) is 0. The number of hydrogen-bond acceptors (Lipinski definition) is 3. The number of rotatable bonds is 5. The van der Waals surface area contributed by atoms with Crippen LogP contribution in [0.3, 0.4) is 0 Å². The Hall–Kier alpha value is -1.86. The number of hydrogen-bond donors (Lipinski definition) is 1. The number of carbonyl (C=O) groups excluding carboxylic acids is 1. The van der Waals surface area contributed by atoms with E-state index < -0.39 is 0 Å². The summed E-state index contributed by atoms with van der Waals surface area (Å²) < 4.78 is 0. The standard InChI is InChI=1S/C15H21N3O/c1-3-4-5-12-18(2)15(19)14-13(8-6-10-16)9-7-11-17-14/h7,9,11H,3-5,10,12,16H2,1-2H3. The van der Waals surface area contributed by atoms with E-state index in [0.717, 1.165) is 25.8 Å². The van der Waals surface area contributed by atoms with Gasteiger partial charge in [-0.1, -0.05) is 31.6 Å². The van der Waals surface area contributed by atoms with Crippen molar-refractivity contribution in [1.29, 1.82) is 0 Å². The Morgan fingerprint density at radius 3 is 2.95 bits per heavy atom. The van der Waals surface area contributed by atoms with Crippen LogP contribution in [0.25, 0.3) is 0 Å². The molecule has 0 saturated heterocycles. The maximum atomic E-state index is 12.3. The molecule has 0 aliphatic rings. The average molecular weight is 259 g/mol. The Kier molecular flexibility index (Phi) is 6.62. The SMILES string of the molecule is CCCCCN(C)C(=O)c1ncccc1C#CCN. The molecule has 102 valence electrons. The minimum atomic E-state index is -0.0852. The topological polar surface area (TPSA) is 59.2 Å². The highest BCUT2D eigenvalue weighted by atomic mass is 16.2. The van der Waals surface area contributed by atoms with E-state index in [1.807, 2.05) is 0 Å². The van der Waals surface area contributed by atoms with Crippen molar-refractivity contribution in [3.05, 3.63) is 29.6 Å². The molecule has 4 heteroatoms. The van der Waals surface area contributed by atoms with E-state index in [2.05, 4.69) is 23.7 Å². The fraction of sp³-hybridized carbons (Fsp3) is 0.467. The van der Waals surface area contributed by atoms with Crippen molar-refractivity contribution in [3.63, 3.8) is 0 Å². The van der Waals surface area contributed by atoms with Crippen LogP contribution >= 0.6 is 0 Å². The van der Waals surface area contributed by atoms with E-state index in [4.69, 9.17) is 5.73 Å². The molecule has 0 saturated carbocycles. The second-order valence-corrected chi connectivity index (χ2v) is 4.34. The molecule has 4 nitrogen and oxygen atoms in total. The highest BCUT2D eigenvalue weighted by Gasteiger charge is 2.15. The van der Waals surface area contributed by atoms with Crippen molar-refractivity contribution in [2.24, 2.45) is 5.73 Å². The van der Waals surface area contributed by atoms with Crippen LogP contribution in [0.4, 0.5) is 0 Å². The van der Waals surface area contributed by atoms with Crippen molar-refractivity contribution >= 4 is 5.91 Å². The van der Waals surface area contributed by atoms with Crippen LogP contribution in [0.5, 0.6) is 0 Å². The molecule has 0 unspecified atom stereocenters. The number of carbonyl (C=O) groups is 1. The molecule has 0 radical (unpaired) electrons.